The highest BCUT2D eigenvalue weighted by Gasteiger charge is 2.18. The Labute approximate surface area is 92.7 Å². The van der Waals surface area contributed by atoms with Gasteiger partial charge >= 0.3 is 0 Å². The summed E-state index contributed by atoms with van der Waals surface area (Å²) in [5, 5.41) is 4.95. The summed E-state index contributed by atoms with van der Waals surface area (Å²) in [4.78, 5) is 3.93. The van der Waals surface area contributed by atoms with Crippen LogP contribution in [0.4, 0.5) is 0 Å². The van der Waals surface area contributed by atoms with E-state index in [1.54, 1.807) is 29.7 Å². The number of fused-ring (bicyclic) bond motifs is 1. The van der Waals surface area contributed by atoms with Crippen molar-refractivity contribution in [2.75, 3.05) is 7.11 Å². The van der Waals surface area contributed by atoms with E-state index in [1.165, 1.54) is 7.11 Å². The fourth-order valence-corrected chi connectivity index (χ4v) is 2.23. The molecule has 86 valence electrons. The number of nitrogens with zero attached hydrogens (tertiary/aromatic N) is 2. The van der Waals surface area contributed by atoms with Crippen LogP contribution in [-0.2, 0) is 10.0 Å². The Morgan fingerprint density at radius 1 is 1.50 bits per heavy atom. The zero-order valence-corrected chi connectivity index (χ0v) is 9.65. The Balaban J connectivity index is 2.86. The first-order valence-corrected chi connectivity index (χ1v) is 6.03. The first-order chi connectivity index (χ1) is 7.43. The average molecular weight is 241 g/mol. The summed E-state index contributed by atoms with van der Waals surface area (Å²) in [5.74, 6) is 1.11. The van der Waals surface area contributed by atoms with E-state index in [2.05, 4.69) is 4.98 Å². The molecule has 0 atom stereocenters. The molecule has 2 aromatic heterocycles. The average Bonchev–Trinajstić information content (AvgIpc) is 2.55. The summed E-state index contributed by atoms with van der Waals surface area (Å²) in [7, 11) is -2.32. The number of hydrogen-bond donors (Lipinski definition) is 1. The number of aryl methyl sites for hydroxylation is 1. The molecule has 0 aromatic carbocycles. The maximum Gasteiger partial charge on any atom is 0.257 e. The highest BCUT2D eigenvalue weighted by molar-refractivity contribution is 7.89. The fourth-order valence-electron chi connectivity index (χ4n) is 1.52. The van der Waals surface area contributed by atoms with Gasteiger partial charge in [-0.2, -0.15) is 0 Å². The molecule has 2 aromatic rings. The second-order valence-electron chi connectivity index (χ2n) is 3.33. The number of primary sulfonamides is 1. The van der Waals surface area contributed by atoms with Crippen LogP contribution < -0.4 is 9.88 Å². The smallest absolute Gasteiger partial charge is 0.257 e. The van der Waals surface area contributed by atoms with Gasteiger partial charge in [-0.1, -0.05) is 0 Å². The van der Waals surface area contributed by atoms with Crippen molar-refractivity contribution in [3.63, 3.8) is 0 Å². The van der Waals surface area contributed by atoms with E-state index in [1.807, 2.05) is 0 Å². The van der Waals surface area contributed by atoms with Gasteiger partial charge in [0.15, 0.2) is 5.03 Å². The van der Waals surface area contributed by atoms with Gasteiger partial charge in [-0.3, -0.25) is 0 Å². The number of nitrogens with two attached hydrogens (primary N) is 1. The van der Waals surface area contributed by atoms with Crippen molar-refractivity contribution in [3.8, 4) is 5.75 Å². The molecule has 0 bridgehead atoms. The van der Waals surface area contributed by atoms with Crippen LogP contribution >= 0.6 is 0 Å². The first kappa shape index (κ1) is 10.9. The van der Waals surface area contributed by atoms with Gasteiger partial charge in [-0.05, 0) is 13.0 Å². The summed E-state index contributed by atoms with van der Waals surface area (Å²) in [6, 6.07) is 3.30. The number of aromatic nitrogens is 2. The number of methoxy groups -OCH3 is 1. The second kappa shape index (κ2) is 3.46. The van der Waals surface area contributed by atoms with E-state index in [0.717, 1.165) is 0 Å². The minimum absolute atomic E-state index is 0.135. The van der Waals surface area contributed by atoms with Gasteiger partial charge in [0.05, 0.1) is 12.6 Å². The first-order valence-electron chi connectivity index (χ1n) is 4.49. The highest BCUT2D eigenvalue weighted by Crippen LogP contribution is 2.21. The van der Waals surface area contributed by atoms with Crippen molar-refractivity contribution in [3.05, 3.63) is 24.2 Å². The van der Waals surface area contributed by atoms with Crippen LogP contribution in [0.2, 0.25) is 0 Å². The monoisotopic (exact) mass is 241 g/mol. The fraction of sp³-hybridized carbons (Fsp3) is 0.222. The molecule has 0 aliphatic heterocycles. The molecule has 0 aliphatic carbocycles. The van der Waals surface area contributed by atoms with Crippen LogP contribution in [0, 0.1) is 6.92 Å². The van der Waals surface area contributed by atoms with E-state index >= 15 is 0 Å². The van der Waals surface area contributed by atoms with Crippen LogP contribution in [0.1, 0.15) is 5.82 Å². The largest absolute Gasteiger partial charge is 0.497 e. The summed E-state index contributed by atoms with van der Waals surface area (Å²) in [6.07, 6.45) is 1.69. The Hall–Kier alpha value is -1.60. The Kier molecular flexibility index (Phi) is 2.36. The summed E-state index contributed by atoms with van der Waals surface area (Å²) >= 11 is 0. The topological polar surface area (TPSA) is 86.7 Å². The zero-order valence-electron chi connectivity index (χ0n) is 8.84. The molecule has 0 spiro atoms. The molecule has 2 N–H and O–H groups in total. The predicted molar refractivity (Wildman–Crippen MR) is 57.9 cm³/mol. The molecule has 2 rings (SSSR count). The van der Waals surface area contributed by atoms with Gasteiger partial charge in [0.2, 0.25) is 0 Å². The lowest BCUT2D eigenvalue weighted by Crippen LogP contribution is -2.13. The van der Waals surface area contributed by atoms with Crippen LogP contribution in [0.5, 0.6) is 5.75 Å². The summed E-state index contributed by atoms with van der Waals surface area (Å²) in [5.41, 5.74) is 0.416. The van der Waals surface area contributed by atoms with E-state index < -0.39 is 10.0 Å². The lowest BCUT2D eigenvalue weighted by atomic mass is 10.4. The van der Waals surface area contributed by atoms with Gasteiger partial charge < -0.3 is 9.14 Å². The maximum atomic E-state index is 11.3. The van der Waals surface area contributed by atoms with Crippen LogP contribution in [-0.4, -0.2) is 24.9 Å². The molecule has 0 radical (unpaired) electrons. The lowest BCUT2D eigenvalue weighted by molar-refractivity contribution is 0.414. The number of imidazole rings is 1. The van der Waals surface area contributed by atoms with E-state index in [9.17, 15) is 8.42 Å². The standard InChI is InChI=1S/C9H11N3O3S/c1-6-11-9(16(10,13)14)8-5-7(15-2)3-4-12(6)8/h3-5H,1-2H3,(H2,10,13,14). The Morgan fingerprint density at radius 3 is 2.75 bits per heavy atom. The van der Waals surface area contributed by atoms with Crippen molar-refractivity contribution in [1.29, 1.82) is 0 Å². The van der Waals surface area contributed by atoms with Crippen LogP contribution in [0.25, 0.3) is 5.52 Å². The maximum absolute atomic E-state index is 11.3. The van der Waals surface area contributed by atoms with E-state index in [0.29, 0.717) is 17.1 Å². The van der Waals surface area contributed by atoms with Crippen molar-refractivity contribution in [2.45, 2.75) is 11.9 Å². The molecule has 16 heavy (non-hydrogen) atoms. The summed E-state index contributed by atoms with van der Waals surface area (Å²) < 4.78 is 29.3. The van der Waals surface area contributed by atoms with Gasteiger partial charge in [-0.15, -0.1) is 0 Å². The SMILES string of the molecule is COc1ccn2c(C)nc(S(N)(=O)=O)c2c1. The molecule has 0 amide bonds. The molecular formula is C9H11N3O3S. The van der Waals surface area contributed by atoms with Crippen molar-refractivity contribution < 1.29 is 13.2 Å². The van der Waals surface area contributed by atoms with Crippen molar-refractivity contribution in [2.24, 2.45) is 5.14 Å². The Morgan fingerprint density at radius 2 is 2.19 bits per heavy atom. The van der Waals surface area contributed by atoms with E-state index in [4.69, 9.17) is 9.88 Å². The molecule has 0 aliphatic rings. The predicted octanol–water partition coefficient (Wildman–Crippen LogP) is 0.299. The quantitative estimate of drug-likeness (QED) is 0.819. The van der Waals surface area contributed by atoms with Crippen LogP contribution in [0.3, 0.4) is 0 Å². The minimum Gasteiger partial charge on any atom is -0.497 e. The number of ether oxygens (including phenoxy) is 1. The molecule has 0 saturated heterocycles. The van der Waals surface area contributed by atoms with Crippen LogP contribution in [0.15, 0.2) is 23.4 Å². The number of pyridine rings is 1. The van der Waals surface area contributed by atoms with Crippen molar-refractivity contribution >= 4 is 15.5 Å². The molecule has 7 heteroatoms. The lowest BCUT2D eigenvalue weighted by Gasteiger charge is -2.01. The van der Waals surface area contributed by atoms with Gasteiger partial charge in [0, 0.05) is 12.3 Å². The van der Waals surface area contributed by atoms with Gasteiger partial charge in [0.1, 0.15) is 11.6 Å². The zero-order chi connectivity index (χ0) is 11.9. The number of rotatable bonds is 2. The molecule has 2 heterocycles. The van der Waals surface area contributed by atoms with Gasteiger partial charge in [0.25, 0.3) is 10.0 Å². The third-order valence-corrected chi connectivity index (χ3v) is 3.10. The molecule has 6 nitrogen and oxygen atoms in total. The molecular weight excluding hydrogens is 230 g/mol. The number of sulfonamides is 1. The van der Waals surface area contributed by atoms with Crippen molar-refractivity contribution in [1.82, 2.24) is 9.38 Å². The molecule has 0 unspecified atom stereocenters. The highest BCUT2D eigenvalue weighted by atomic mass is 32.2. The van der Waals surface area contributed by atoms with Gasteiger partial charge in [-0.25, -0.2) is 18.5 Å². The molecule has 0 saturated carbocycles. The summed E-state index contributed by atoms with van der Waals surface area (Å²) in [6.45, 7) is 1.70. The third-order valence-electron chi connectivity index (χ3n) is 2.26. The number of hydrogen-bond acceptors (Lipinski definition) is 4. The third kappa shape index (κ3) is 1.63. The normalized spacial score (nSPS) is 11.9. The molecule has 0 fully saturated rings. The second-order valence-corrected chi connectivity index (χ2v) is 4.81. The Bertz CT molecular complexity index is 645. The van der Waals surface area contributed by atoms with E-state index in [-0.39, 0.29) is 5.03 Å². The minimum atomic E-state index is -3.82.